The normalized spacial score (nSPS) is 14.3. The van der Waals surface area contributed by atoms with Crippen molar-refractivity contribution in [2.75, 3.05) is 0 Å². The molecule has 0 aliphatic carbocycles. The molecule has 0 rings (SSSR count). The fraction of sp³-hybridized carbons (Fsp3) is 0.667. The van der Waals surface area contributed by atoms with Gasteiger partial charge in [0.2, 0.25) is 0 Å². The second-order valence-electron chi connectivity index (χ2n) is 2.54. The molecule has 1 unspecified atom stereocenters. The topological polar surface area (TPSA) is 0 Å². The molecule has 0 heterocycles. The van der Waals surface area contributed by atoms with Crippen LogP contribution >= 0.6 is 11.6 Å². The van der Waals surface area contributed by atoms with Gasteiger partial charge in [-0.2, -0.15) is 0 Å². The van der Waals surface area contributed by atoms with Crippen molar-refractivity contribution in [3.8, 4) is 0 Å². The molecule has 0 bridgehead atoms. The van der Waals surface area contributed by atoms with Gasteiger partial charge in [-0.1, -0.05) is 18.6 Å². The van der Waals surface area contributed by atoms with Crippen LogP contribution in [0.4, 0.5) is 0 Å². The number of hydrogen-bond acceptors (Lipinski definition) is 0. The minimum absolute atomic E-state index is 0.337. The average molecular weight is 160 g/mol. The minimum atomic E-state index is 0.337. The Bertz CT molecular complexity index is 84.7. The molecule has 0 aromatic heterocycles. The molecule has 0 spiro atoms. The third-order valence-corrected chi connectivity index (χ3v) is 1.61. The maximum absolute atomic E-state index is 5.76. The number of hydrogen-bond donors (Lipinski definition) is 0. The molecule has 10 heavy (non-hydrogen) atoms. The van der Waals surface area contributed by atoms with Crippen molar-refractivity contribution >= 4 is 11.6 Å². The summed E-state index contributed by atoms with van der Waals surface area (Å²) in [6, 6.07) is 0. The molecule has 0 nitrogen and oxygen atoms in total. The van der Waals surface area contributed by atoms with Gasteiger partial charge in [-0.25, -0.2) is 0 Å². The lowest BCUT2D eigenvalue weighted by molar-refractivity contribution is 0.679. The van der Waals surface area contributed by atoms with Crippen LogP contribution < -0.4 is 0 Å². The van der Waals surface area contributed by atoms with Gasteiger partial charge in [0.1, 0.15) is 0 Å². The van der Waals surface area contributed by atoms with E-state index in [-0.39, 0.29) is 0 Å². The van der Waals surface area contributed by atoms with Gasteiger partial charge in [0.15, 0.2) is 0 Å². The zero-order valence-electron chi connectivity index (χ0n) is 6.65. The first-order chi connectivity index (χ1) is 4.77. The summed E-state index contributed by atoms with van der Waals surface area (Å²) in [6.07, 6.45) is 8.70. The maximum atomic E-state index is 5.76. The lowest BCUT2D eigenvalue weighted by Crippen LogP contribution is -1.88. The molecule has 1 radical (unpaired) electrons. The molecule has 0 fully saturated rings. The van der Waals surface area contributed by atoms with Crippen molar-refractivity contribution in [1.82, 2.24) is 0 Å². The third kappa shape index (κ3) is 8.03. The van der Waals surface area contributed by atoms with E-state index in [2.05, 4.69) is 13.0 Å². The number of halogens is 1. The predicted molar refractivity (Wildman–Crippen MR) is 48.3 cm³/mol. The van der Waals surface area contributed by atoms with E-state index in [1.54, 1.807) is 0 Å². The Morgan fingerprint density at radius 3 is 2.70 bits per heavy atom. The highest BCUT2D eigenvalue weighted by molar-refractivity contribution is 6.20. The van der Waals surface area contributed by atoms with E-state index in [9.17, 15) is 0 Å². The Morgan fingerprint density at radius 1 is 1.50 bits per heavy atom. The summed E-state index contributed by atoms with van der Waals surface area (Å²) in [5, 5.41) is 0.337. The van der Waals surface area contributed by atoms with Crippen LogP contribution in [-0.4, -0.2) is 5.38 Å². The van der Waals surface area contributed by atoms with E-state index in [0.717, 1.165) is 12.8 Å². The van der Waals surface area contributed by atoms with Gasteiger partial charge in [-0.15, -0.1) is 11.6 Å². The van der Waals surface area contributed by atoms with Crippen molar-refractivity contribution < 1.29 is 0 Å². The lowest BCUT2D eigenvalue weighted by Gasteiger charge is -1.99. The minimum Gasteiger partial charge on any atom is -0.123 e. The summed E-state index contributed by atoms with van der Waals surface area (Å²) in [7, 11) is 0. The second kappa shape index (κ2) is 7.14. The molecule has 0 saturated heterocycles. The monoisotopic (exact) mass is 159 g/mol. The van der Waals surface area contributed by atoms with Gasteiger partial charge >= 0.3 is 0 Å². The highest BCUT2D eigenvalue weighted by Gasteiger charge is 1.93. The summed E-state index contributed by atoms with van der Waals surface area (Å²) < 4.78 is 0. The summed E-state index contributed by atoms with van der Waals surface area (Å²) in [4.78, 5) is 0. The average Bonchev–Trinajstić information content (AvgIpc) is 1.87. The first kappa shape index (κ1) is 10.0. The van der Waals surface area contributed by atoms with Crippen LogP contribution in [0.1, 0.15) is 32.6 Å². The maximum Gasteiger partial charge on any atom is 0.0307 e. The van der Waals surface area contributed by atoms with Crippen molar-refractivity contribution in [2.24, 2.45) is 0 Å². The Hall–Kier alpha value is 0.0300. The van der Waals surface area contributed by atoms with Gasteiger partial charge in [0, 0.05) is 5.38 Å². The predicted octanol–water partition coefficient (Wildman–Crippen LogP) is 3.56. The molecule has 0 aliphatic heterocycles. The Labute approximate surface area is 69.3 Å². The molecule has 0 aromatic carbocycles. The molecule has 0 amide bonds. The van der Waals surface area contributed by atoms with Gasteiger partial charge in [0.05, 0.1) is 0 Å². The fourth-order valence-corrected chi connectivity index (χ4v) is 0.960. The van der Waals surface area contributed by atoms with E-state index >= 15 is 0 Å². The van der Waals surface area contributed by atoms with Crippen LogP contribution in [0.15, 0.2) is 12.2 Å². The quantitative estimate of drug-likeness (QED) is 0.425. The standard InChI is InChI=1S/C9H16Cl/c1-3-4-5-6-7-8-9(2)10/h3-4,9H,1,5-8H2,2H3/b4-3+. The van der Waals surface area contributed by atoms with Gasteiger partial charge < -0.3 is 0 Å². The second-order valence-corrected chi connectivity index (χ2v) is 3.28. The molecule has 0 aliphatic rings. The lowest BCUT2D eigenvalue weighted by atomic mass is 10.1. The summed E-state index contributed by atoms with van der Waals surface area (Å²) in [5.41, 5.74) is 0. The number of unbranched alkanes of at least 4 members (excludes halogenated alkanes) is 2. The number of allylic oxidation sites excluding steroid dienone is 2. The van der Waals surface area contributed by atoms with E-state index in [1.807, 2.05) is 13.0 Å². The van der Waals surface area contributed by atoms with Crippen molar-refractivity contribution in [3.05, 3.63) is 19.1 Å². The zero-order chi connectivity index (χ0) is 7.82. The zero-order valence-corrected chi connectivity index (χ0v) is 7.40. The molecular weight excluding hydrogens is 144 g/mol. The van der Waals surface area contributed by atoms with E-state index in [0.29, 0.717) is 5.38 Å². The molecule has 0 saturated carbocycles. The summed E-state index contributed by atoms with van der Waals surface area (Å²) in [5.74, 6) is 0. The fourth-order valence-electron chi connectivity index (χ4n) is 0.806. The Balaban J connectivity index is 2.91. The molecule has 0 N–H and O–H groups in total. The van der Waals surface area contributed by atoms with E-state index in [4.69, 9.17) is 11.6 Å². The Kier molecular flexibility index (Phi) is 7.16. The molecule has 1 atom stereocenters. The SMILES string of the molecule is [CH2]/C=C/CCCCC(C)Cl. The van der Waals surface area contributed by atoms with Gasteiger partial charge in [0.25, 0.3) is 0 Å². The van der Waals surface area contributed by atoms with E-state index in [1.165, 1.54) is 12.8 Å². The molecule has 59 valence electrons. The highest BCUT2D eigenvalue weighted by Crippen LogP contribution is 2.07. The van der Waals surface area contributed by atoms with Crippen LogP contribution in [-0.2, 0) is 0 Å². The van der Waals surface area contributed by atoms with Gasteiger partial charge in [-0.3, -0.25) is 0 Å². The van der Waals surface area contributed by atoms with Gasteiger partial charge in [-0.05, 0) is 33.1 Å². The van der Waals surface area contributed by atoms with Crippen molar-refractivity contribution in [2.45, 2.75) is 38.0 Å². The molecule has 1 heteroatoms. The number of alkyl halides is 1. The number of rotatable bonds is 5. The first-order valence-electron chi connectivity index (χ1n) is 3.85. The van der Waals surface area contributed by atoms with Crippen molar-refractivity contribution in [1.29, 1.82) is 0 Å². The van der Waals surface area contributed by atoms with E-state index < -0.39 is 0 Å². The van der Waals surface area contributed by atoms with Crippen LogP contribution in [0.2, 0.25) is 0 Å². The molecule has 0 aromatic rings. The largest absolute Gasteiger partial charge is 0.123 e. The van der Waals surface area contributed by atoms with Crippen LogP contribution in [0.3, 0.4) is 0 Å². The van der Waals surface area contributed by atoms with Crippen molar-refractivity contribution in [3.63, 3.8) is 0 Å². The Morgan fingerprint density at radius 2 is 2.20 bits per heavy atom. The smallest absolute Gasteiger partial charge is 0.0307 e. The highest BCUT2D eigenvalue weighted by atomic mass is 35.5. The van der Waals surface area contributed by atoms with Crippen LogP contribution in [0, 0.1) is 6.92 Å². The summed E-state index contributed by atoms with van der Waals surface area (Å²) in [6.45, 7) is 5.65. The third-order valence-electron chi connectivity index (χ3n) is 1.39. The van der Waals surface area contributed by atoms with Crippen LogP contribution in [0.5, 0.6) is 0 Å². The molecular formula is C9H16Cl. The summed E-state index contributed by atoms with van der Waals surface area (Å²) >= 11 is 5.76. The van der Waals surface area contributed by atoms with Crippen LogP contribution in [0.25, 0.3) is 0 Å². The first-order valence-corrected chi connectivity index (χ1v) is 4.29.